The number of hydrogen-bond donors (Lipinski definition) is 3. The van der Waals surface area contributed by atoms with Crippen LogP contribution in [0, 0.1) is 22.7 Å². The number of fused-ring (bicyclic) bond motifs is 2. The van der Waals surface area contributed by atoms with E-state index in [-0.39, 0.29) is 27.7 Å². The summed E-state index contributed by atoms with van der Waals surface area (Å²) >= 11 is 0. The van der Waals surface area contributed by atoms with Gasteiger partial charge in [0, 0.05) is 37.9 Å². The highest BCUT2D eigenvalue weighted by Crippen LogP contribution is 2.44. The molecule has 2 amide bonds. The summed E-state index contributed by atoms with van der Waals surface area (Å²) in [6, 6.07) is 24.6. The molecule has 0 unspecified atom stereocenters. The summed E-state index contributed by atoms with van der Waals surface area (Å²) < 4.78 is 16.7. The number of nitrogens with one attached hydrogen (secondary N) is 2. The molecule has 0 aliphatic carbocycles. The summed E-state index contributed by atoms with van der Waals surface area (Å²) in [7, 11) is 0. The van der Waals surface area contributed by atoms with Crippen molar-refractivity contribution in [2.24, 2.45) is 0 Å². The quantitative estimate of drug-likeness (QED) is 0.150. The standard InChI is InChI=1S/C21H20N2O3.C21H22N2O3.2H2/c1-12(2)13-3-5-14(6-4-13)16-9-18(23-21(24)19-11-26-19)17(10-22)15-7-8-25-20(15)16;1-13(2)14-3-5-15(6-4-14)17-11-19(23-20(25)7-9-24)18(12-22)16-8-10-26-21(16)17;;/h3-6,9,12,19H,7-8,11H2,1-2H3,(H,23,24);3-6,11,13,24H,7-10H2,1-2H3,(H,23,25);2*1H/t19-;;;/m0.../s1. The molecule has 0 bridgehead atoms. The molecule has 3 heterocycles. The topological polar surface area (TPSA) is 157 Å². The Bertz CT molecular complexity index is 2080. The average Bonchev–Trinajstić information content (AvgIpc) is 3.68. The van der Waals surface area contributed by atoms with Crippen molar-refractivity contribution in [2.75, 3.05) is 37.1 Å². The first kappa shape index (κ1) is 36.1. The molecular formula is C42H46N4O6. The Kier molecular flexibility index (Phi) is 10.9. The monoisotopic (exact) mass is 702 g/mol. The first-order chi connectivity index (χ1) is 25.1. The van der Waals surface area contributed by atoms with Crippen LogP contribution >= 0.6 is 0 Å². The first-order valence-electron chi connectivity index (χ1n) is 17.6. The Balaban J connectivity index is 0.000000232. The third kappa shape index (κ3) is 7.64. The number of aliphatic hydroxyl groups is 1. The molecule has 4 aromatic carbocycles. The lowest BCUT2D eigenvalue weighted by Gasteiger charge is -2.15. The molecule has 0 radical (unpaired) electrons. The van der Waals surface area contributed by atoms with E-state index in [1.165, 1.54) is 11.1 Å². The Hall–Kier alpha value is -5.68. The lowest BCUT2D eigenvalue weighted by Crippen LogP contribution is -2.19. The number of carbonyl (C=O) groups is 2. The summed E-state index contributed by atoms with van der Waals surface area (Å²) in [5.74, 6) is 1.85. The van der Waals surface area contributed by atoms with Gasteiger partial charge in [-0.25, -0.2) is 0 Å². The van der Waals surface area contributed by atoms with Crippen LogP contribution in [0.5, 0.6) is 11.5 Å². The molecule has 1 atom stereocenters. The van der Waals surface area contributed by atoms with Crippen LogP contribution in [-0.2, 0) is 27.2 Å². The molecule has 7 rings (SSSR count). The van der Waals surface area contributed by atoms with Gasteiger partial charge < -0.3 is 30.0 Å². The summed E-state index contributed by atoms with van der Waals surface area (Å²) in [5.41, 5.74) is 9.88. The van der Waals surface area contributed by atoms with Gasteiger partial charge in [-0.05, 0) is 46.2 Å². The molecule has 0 spiro atoms. The van der Waals surface area contributed by atoms with Crippen LogP contribution in [0.1, 0.15) is 82.2 Å². The SMILES string of the molecule is CC(C)c1ccc(-c2cc(NC(=O)CCO)c(C#N)c3c2OCC3)cc1.CC(C)c1ccc(-c2cc(NC(=O)[C@@H]3CO3)c(C#N)c3c2OCC3)cc1.[HH].[HH]. The van der Waals surface area contributed by atoms with Crippen molar-refractivity contribution in [3.05, 3.63) is 94.0 Å². The van der Waals surface area contributed by atoms with Gasteiger partial charge in [0.25, 0.3) is 5.91 Å². The van der Waals surface area contributed by atoms with Gasteiger partial charge in [0.05, 0.1) is 55.4 Å². The minimum Gasteiger partial charge on any atom is -0.492 e. The van der Waals surface area contributed by atoms with E-state index in [9.17, 15) is 20.1 Å². The van der Waals surface area contributed by atoms with Gasteiger partial charge in [-0.2, -0.15) is 10.5 Å². The van der Waals surface area contributed by atoms with E-state index in [1.54, 1.807) is 6.07 Å². The Labute approximate surface area is 306 Å². The van der Waals surface area contributed by atoms with Crippen LogP contribution in [0.3, 0.4) is 0 Å². The van der Waals surface area contributed by atoms with Crippen molar-refractivity contribution >= 4 is 23.2 Å². The highest BCUT2D eigenvalue weighted by molar-refractivity contribution is 5.98. The minimum absolute atomic E-state index is 0. The zero-order valence-electron chi connectivity index (χ0n) is 29.8. The van der Waals surface area contributed by atoms with E-state index in [0.29, 0.717) is 67.0 Å². The zero-order chi connectivity index (χ0) is 36.9. The maximum atomic E-state index is 12.1. The van der Waals surface area contributed by atoms with E-state index in [4.69, 9.17) is 19.3 Å². The number of anilines is 2. The largest absolute Gasteiger partial charge is 0.492 e. The van der Waals surface area contributed by atoms with Gasteiger partial charge in [-0.15, -0.1) is 0 Å². The van der Waals surface area contributed by atoms with E-state index in [2.05, 4.69) is 86.9 Å². The molecule has 1 saturated heterocycles. The Morgan fingerprint density at radius 3 is 1.62 bits per heavy atom. The molecule has 10 heteroatoms. The van der Waals surface area contributed by atoms with Crippen molar-refractivity contribution in [3.63, 3.8) is 0 Å². The van der Waals surface area contributed by atoms with Crippen molar-refractivity contribution in [3.8, 4) is 45.9 Å². The van der Waals surface area contributed by atoms with Crippen molar-refractivity contribution in [1.82, 2.24) is 0 Å². The zero-order valence-corrected chi connectivity index (χ0v) is 29.8. The maximum absolute atomic E-state index is 12.1. The van der Waals surface area contributed by atoms with Gasteiger partial charge >= 0.3 is 0 Å². The fourth-order valence-electron chi connectivity index (χ4n) is 6.46. The van der Waals surface area contributed by atoms with Crippen molar-refractivity contribution in [1.29, 1.82) is 10.5 Å². The molecule has 0 aromatic heterocycles. The van der Waals surface area contributed by atoms with E-state index < -0.39 is 6.10 Å². The molecular weight excluding hydrogens is 656 g/mol. The summed E-state index contributed by atoms with van der Waals surface area (Å²) in [6.07, 6.45) is 0.897. The van der Waals surface area contributed by atoms with Crippen molar-refractivity contribution in [2.45, 2.75) is 64.9 Å². The van der Waals surface area contributed by atoms with E-state index >= 15 is 0 Å². The normalized spacial score (nSPS) is 14.9. The van der Waals surface area contributed by atoms with Gasteiger partial charge in [0.2, 0.25) is 5.91 Å². The average molecular weight is 703 g/mol. The molecule has 10 nitrogen and oxygen atoms in total. The number of hydrogen-bond acceptors (Lipinski definition) is 8. The second kappa shape index (κ2) is 15.7. The number of nitrogens with zero attached hydrogens (tertiary/aromatic N) is 2. The number of benzene rings is 4. The van der Waals surface area contributed by atoms with Crippen LogP contribution < -0.4 is 20.1 Å². The van der Waals surface area contributed by atoms with E-state index in [0.717, 1.165) is 44.9 Å². The first-order valence-corrected chi connectivity index (χ1v) is 17.6. The van der Waals surface area contributed by atoms with Crippen LogP contribution in [0.4, 0.5) is 11.4 Å². The van der Waals surface area contributed by atoms with Crippen LogP contribution in [0.15, 0.2) is 60.7 Å². The van der Waals surface area contributed by atoms with Gasteiger partial charge in [0.15, 0.2) is 6.10 Å². The lowest BCUT2D eigenvalue weighted by molar-refractivity contribution is -0.117. The third-order valence-corrected chi connectivity index (χ3v) is 9.45. The molecule has 3 aliphatic heterocycles. The number of aliphatic hydroxyl groups excluding tert-OH is 1. The smallest absolute Gasteiger partial charge is 0.255 e. The highest BCUT2D eigenvalue weighted by atomic mass is 16.6. The molecule has 52 heavy (non-hydrogen) atoms. The number of epoxide rings is 1. The van der Waals surface area contributed by atoms with Crippen LogP contribution in [0.2, 0.25) is 0 Å². The van der Waals surface area contributed by atoms with Gasteiger partial charge in [0.1, 0.15) is 23.6 Å². The van der Waals surface area contributed by atoms with Crippen LogP contribution in [0.25, 0.3) is 22.3 Å². The maximum Gasteiger partial charge on any atom is 0.255 e. The molecule has 0 saturated carbocycles. The summed E-state index contributed by atoms with van der Waals surface area (Å²) in [4.78, 5) is 24.1. The number of rotatable bonds is 9. The molecule has 3 aliphatic rings. The summed E-state index contributed by atoms with van der Waals surface area (Å²) in [5, 5.41) is 33.8. The fourth-order valence-corrected chi connectivity index (χ4v) is 6.46. The van der Waals surface area contributed by atoms with Gasteiger partial charge in [-0.3, -0.25) is 9.59 Å². The molecule has 4 aromatic rings. The lowest BCUT2D eigenvalue weighted by atomic mass is 9.94. The second-order valence-corrected chi connectivity index (χ2v) is 13.6. The number of ether oxygens (including phenoxy) is 3. The molecule has 270 valence electrons. The highest BCUT2D eigenvalue weighted by Gasteiger charge is 2.33. The third-order valence-electron chi connectivity index (χ3n) is 9.45. The minimum atomic E-state index is -0.403. The predicted molar refractivity (Wildman–Crippen MR) is 203 cm³/mol. The van der Waals surface area contributed by atoms with E-state index in [1.807, 2.05) is 18.2 Å². The van der Waals surface area contributed by atoms with Gasteiger partial charge in [-0.1, -0.05) is 76.2 Å². The van der Waals surface area contributed by atoms with Crippen molar-refractivity contribution < 1.29 is 31.8 Å². The summed E-state index contributed by atoms with van der Waals surface area (Å²) in [6.45, 7) is 9.88. The second-order valence-electron chi connectivity index (χ2n) is 13.6. The fraction of sp³-hybridized carbons (Fsp3) is 0.333. The Morgan fingerprint density at radius 1 is 0.788 bits per heavy atom. The number of nitriles is 2. The van der Waals surface area contributed by atoms with Crippen LogP contribution in [-0.4, -0.2) is 49.5 Å². The number of amides is 2. The number of carbonyl (C=O) groups excluding carboxylic acids is 2. The molecule has 1 fully saturated rings. The Morgan fingerprint density at radius 2 is 1.23 bits per heavy atom. The molecule has 3 N–H and O–H groups in total. The predicted octanol–water partition coefficient (Wildman–Crippen LogP) is 7.72.